The lowest BCUT2D eigenvalue weighted by Gasteiger charge is -2.34. The van der Waals surface area contributed by atoms with E-state index >= 15 is 0 Å². The number of thiocarbonyl (C=S) groups is 1. The normalized spacial score (nSPS) is 25.8. The second-order valence-corrected chi connectivity index (χ2v) is 3.48. The van der Waals surface area contributed by atoms with Gasteiger partial charge in [-0.1, -0.05) is 12.2 Å². The van der Waals surface area contributed by atoms with E-state index in [1.165, 1.54) is 12.8 Å². The van der Waals surface area contributed by atoms with Crippen LogP contribution in [0, 0.1) is 0 Å². The van der Waals surface area contributed by atoms with Gasteiger partial charge >= 0.3 is 0 Å². The molecular weight excluding hydrogens is 158 g/mol. The van der Waals surface area contributed by atoms with Crippen LogP contribution >= 0.6 is 12.2 Å². The molecular formula is C8H15NOS. The maximum Gasteiger partial charge on any atom is 0.0780 e. The summed E-state index contributed by atoms with van der Waals surface area (Å²) in [5.74, 6) is 0. The standard InChI is InChI=1S/C8H15NOS/c1-9-7(6-10-2)4-3-5-8(9)11/h7H,3-6H2,1-2H3. The Morgan fingerprint density at radius 1 is 1.73 bits per heavy atom. The molecule has 0 aromatic carbocycles. The van der Waals surface area contributed by atoms with E-state index < -0.39 is 0 Å². The highest BCUT2D eigenvalue weighted by molar-refractivity contribution is 7.80. The number of hydrogen-bond donors (Lipinski definition) is 0. The summed E-state index contributed by atoms with van der Waals surface area (Å²) in [5, 5.41) is 0. The average molecular weight is 173 g/mol. The molecule has 0 aliphatic carbocycles. The predicted octanol–water partition coefficient (Wildman–Crippen LogP) is 1.44. The fourth-order valence-electron chi connectivity index (χ4n) is 1.45. The summed E-state index contributed by atoms with van der Waals surface area (Å²) in [6.45, 7) is 0.802. The zero-order chi connectivity index (χ0) is 8.27. The van der Waals surface area contributed by atoms with Crippen LogP contribution in [0.3, 0.4) is 0 Å². The maximum atomic E-state index is 5.19. The van der Waals surface area contributed by atoms with Crippen LogP contribution in [-0.4, -0.2) is 36.7 Å². The van der Waals surface area contributed by atoms with Crippen LogP contribution < -0.4 is 0 Å². The van der Waals surface area contributed by atoms with Gasteiger partial charge in [-0.3, -0.25) is 0 Å². The molecule has 3 heteroatoms. The maximum absolute atomic E-state index is 5.19. The van der Waals surface area contributed by atoms with E-state index in [1.54, 1.807) is 7.11 Å². The van der Waals surface area contributed by atoms with Crippen molar-refractivity contribution < 1.29 is 4.74 Å². The molecule has 11 heavy (non-hydrogen) atoms. The third-order valence-corrected chi connectivity index (χ3v) is 2.72. The van der Waals surface area contributed by atoms with Gasteiger partial charge in [0, 0.05) is 14.2 Å². The molecule has 0 N–H and O–H groups in total. The Hall–Kier alpha value is -0.150. The Kier molecular flexibility index (Phi) is 3.27. The van der Waals surface area contributed by atoms with Gasteiger partial charge < -0.3 is 9.64 Å². The topological polar surface area (TPSA) is 12.5 Å². The first kappa shape index (κ1) is 8.94. The van der Waals surface area contributed by atoms with Crippen molar-refractivity contribution in [2.45, 2.75) is 25.3 Å². The first-order chi connectivity index (χ1) is 5.25. The lowest BCUT2D eigenvalue weighted by Crippen LogP contribution is -2.42. The molecule has 1 saturated heterocycles. The van der Waals surface area contributed by atoms with Gasteiger partial charge in [-0.15, -0.1) is 0 Å². The number of piperidine rings is 1. The molecule has 1 fully saturated rings. The first-order valence-corrected chi connectivity index (χ1v) is 4.41. The molecule has 1 rings (SSSR count). The smallest absolute Gasteiger partial charge is 0.0780 e. The monoisotopic (exact) mass is 173 g/mol. The molecule has 0 aromatic heterocycles. The Balaban J connectivity index is 2.44. The number of hydrogen-bond acceptors (Lipinski definition) is 2. The molecule has 0 spiro atoms. The van der Waals surface area contributed by atoms with Gasteiger partial charge in [0.25, 0.3) is 0 Å². The summed E-state index contributed by atoms with van der Waals surface area (Å²) in [4.78, 5) is 3.25. The number of likely N-dealkylation sites (tertiary alicyclic amines) is 1. The number of ether oxygens (including phenoxy) is 1. The van der Waals surface area contributed by atoms with E-state index in [2.05, 4.69) is 11.9 Å². The minimum Gasteiger partial charge on any atom is -0.383 e. The lowest BCUT2D eigenvalue weighted by atomic mass is 10.0. The largest absolute Gasteiger partial charge is 0.383 e. The highest BCUT2D eigenvalue weighted by Crippen LogP contribution is 2.17. The van der Waals surface area contributed by atoms with Crippen molar-refractivity contribution in [3.05, 3.63) is 0 Å². The van der Waals surface area contributed by atoms with Crippen molar-refractivity contribution in [2.75, 3.05) is 20.8 Å². The van der Waals surface area contributed by atoms with E-state index in [0.717, 1.165) is 18.0 Å². The van der Waals surface area contributed by atoms with Gasteiger partial charge in [-0.25, -0.2) is 0 Å². The van der Waals surface area contributed by atoms with Crippen molar-refractivity contribution in [3.8, 4) is 0 Å². The van der Waals surface area contributed by atoms with Gasteiger partial charge in [0.15, 0.2) is 0 Å². The van der Waals surface area contributed by atoms with E-state index in [-0.39, 0.29) is 0 Å². The van der Waals surface area contributed by atoms with Crippen molar-refractivity contribution in [1.29, 1.82) is 0 Å². The summed E-state index contributed by atoms with van der Waals surface area (Å²) in [6.07, 6.45) is 3.51. The van der Waals surface area contributed by atoms with Crippen LogP contribution in [-0.2, 0) is 4.74 Å². The SMILES string of the molecule is COCC1CCCC(=S)N1C. The van der Waals surface area contributed by atoms with E-state index in [1.807, 2.05) is 0 Å². The van der Waals surface area contributed by atoms with Crippen LogP contribution in [0.15, 0.2) is 0 Å². The Morgan fingerprint density at radius 2 is 2.45 bits per heavy atom. The molecule has 1 aliphatic heterocycles. The summed E-state index contributed by atoms with van der Waals surface area (Å²) in [5.41, 5.74) is 0. The molecule has 1 atom stereocenters. The van der Waals surface area contributed by atoms with Gasteiger partial charge in [0.05, 0.1) is 17.6 Å². The Labute approximate surface area is 73.5 Å². The van der Waals surface area contributed by atoms with Gasteiger partial charge in [-0.05, 0) is 19.3 Å². The first-order valence-electron chi connectivity index (χ1n) is 4.00. The van der Waals surface area contributed by atoms with E-state index in [4.69, 9.17) is 17.0 Å². The van der Waals surface area contributed by atoms with Crippen LogP contribution in [0.2, 0.25) is 0 Å². The summed E-state index contributed by atoms with van der Waals surface area (Å²) in [7, 11) is 3.80. The summed E-state index contributed by atoms with van der Waals surface area (Å²) < 4.78 is 5.10. The van der Waals surface area contributed by atoms with Crippen LogP contribution in [0.25, 0.3) is 0 Å². The second-order valence-electron chi connectivity index (χ2n) is 3.01. The van der Waals surface area contributed by atoms with E-state index in [9.17, 15) is 0 Å². The quantitative estimate of drug-likeness (QED) is 0.586. The molecule has 2 nitrogen and oxygen atoms in total. The highest BCUT2D eigenvalue weighted by atomic mass is 32.1. The molecule has 0 radical (unpaired) electrons. The van der Waals surface area contributed by atoms with Crippen LogP contribution in [0.4, 0.5) is 0 Å². The van der Waals surface area contributed by atoms with Crippen molar-refractivity contribution in [1.82, 2.24) is 4.90 Å². The third-order valence-electron chi connectivity index (χ3n) is 2.23. The lowest BCUT2D eigenvalue weighted by molar-refractivity contribution is 0.126. The Morgan fingerprint density at radius 3 is 3.09 bits per heavy atom. The molecule has 0 aromatic rings. The molecule has 0 bridgehead atoms. The fraction of sp³-hybridized carbons (Fsp3) is 0.875. The minimum atomic E-state index is 0.515. The highest BCUT2D eigenvalue weighted by Gasteiger charge is 2.21. The summed E-state index contributed by atoms with van der Waals surface area (Å²) >= 11 is 5.19. The number of nitrogens with zero attached hydrogens (tertiary/aromatic N) is 1. The predicted molar refractivity (Wildman–Crippen MR) is 49.9 cm³/mol. The number of rotatable bonds is 2. The van der Waals surface area contributed by atoms with Gasteiger partial charge in [0.1, 0.15) is 0 Å². The zero-order valence-electron chi connectivity index (χ0n) is 7.17. The second kappa shape index (κ2) is 4.02. The van der Waals surface area contributed by atoms with Gasteiger partial charge in [0.2, 0.25) is 0 Å². The van der Waals surface area contributed by atoms with Gasteiger partial charge in [-0.2, -0.15) is 0 Å². The van der Waals surface area contributed by atoms with Crippen LogP contribution in [0.1, 0.15) is 19.3 Å². The fourth-order valence-corrected chi connectivity index (χ4v) is 1.74. The molecule has 0 amide bonds. The minimum absolute atomic E-state index is 0.515. The Bertz CT molecular complexity index is 147. The van der Waals surface area contributed by atoms with E-state index in [0.29, 0.717) is 6.04 Å². The summed E-state index contributed by atoms with van der Waals surface area (Å²) in [6, 6.07) is 0.515. The average Bonchev–Trinajstić information content (AvgIpc) is 1.99. The molecule has 1 aliphatic rings. The molecule has 64 valence electrons. The molecule has 1 unspecified atom stereocenters. The molecule has 0 saturated carbocycles. The number of likely N-dealkylation sites (N-methyl/N-ethyl adjacent to an activating group) is 1. The van der Waals surface area contributed by atoms with Crippen molar-refractivity contribution in [2.24, 2.45) is 0 Å². The van der Waals surface area contributed by atoms with Crippen molar-refractivity contribution in [3.63, 3.8) is 0 Å². The molecule has 1 heterocycles. The van der Waals surface area contributed by atoms with Crippen molar-refractivity contribution >= 4 is 17.2 Å². The number of methoxy groups -OCH3 is 1. The third kappa shape index (κ3) is 2.14. The van der Waals surface area contributed by atoms with Crippen LogP contribution in [0.5, 0.6) is 0 Å². The zero-order valence-corrected chi connectivity index (χ0v) is 7.99.